The summed E-state index contributed by atoms with van der Waals surface area (Å²) in [5.74, 6) is 0.00995. The molecule has 4 aromatic rings. The number of ether oxygens (including phenoxy) is 2. The number of imidazole rings is 1. The zero-order chi connectivity index (χ0) is 22.5. The monoisotopic (exact) mass is 450 g/mol. The fourth-order valence-corrected chi connectivity index (χ4v) is 3.81. The fourth-order valence-electron chi connectivity index (χ4n) is 3.11. The Morgan fingerprint density at radius 3 is 2.69 bits per heavy atom. The number of nitrogens with zero attached hydrogens (tertiary/aromatic N) is 3. The lowest BCUT2D eigenvalue weighted by Gasteiger charge is -2.06. The van der Waals surface area contributed by atoms with Gasteiger partial charge < -0.3 is 13.9 Å². The number of benzene rings is 1. The van der Waals surface area contributed by atoms with Crippen molar-refractivity contribution in [2.24, 2.45) is 0 Å². The van der Waals surface area contributed by atoms with Gasteiger partial charge in [0.05, 0.1) is 24.4 Å². The van der Waals surface area contributed by atoms with Crippen molar-refractivity contribution in [3.05, 3.63) is 76.7 Å². The van der Waals surface area contributed by atoms with Gasteiger partial charge in [0, 0.05) is 23.3 Å². The first-order valence-electron chi connectivity index (χ1n) is 10.1. The first-order valence-corrected chi connectivity index (χ1v) is 11.0. The Labute approximate surface area is 188 Å². The average molecular weight is 451 g/mol. The molecule has 0 saturated carbocycles. The number of thiazole rings is 1. The molecule has 0 fully saturated rings. The maximum absolute atomic E-state index is 12.5. The van der Waals surface area contributed by atoms with Crippen LogP contribution in [0.5, 0.6) is 5.75 Å². The molecule has 4 rings (SSSR count). The van der Waals surface area contributed by atoms with E-state index in [1.807, 2.05) is 35.9 Å². The predicted octanol–water partition coefficient (Wildman–Crippen LogP) is 4.04. The number of rotatable bonds is 8. The van der Waals surface area contributed by atoms with Gasteiger partial charge in [0.15, 0.2) is 5.13 Å². The van der Waals surface area contributed by atoms with Gasteiger partial charge in [-0.05, 0) is 49.7 Å². The summed E-state index contributed by atoms with van der Waals surface area (Å²) >= 11 is 1.26. The normalized spacial score (nSPS) is 10.8. The molecule has 1 N–H and O–H groups in total. The van der Waals surface area contributed by atoms with Gasteiger partial charge in [0.1, 0.15) is 18.0 Å². The number of aromatic nitrogens is 3. The lowest BCUT2D eigenvalue weighted by Crippen LogP contribution is -2.12. The predicted molar refractivity (Wildman–Crippen MR) is 121 cm³/mol. The number of nitrogens with one attached hydrogen (secondary N) is 1. The molecule has 0 aliphatic heterocycles. The van der Waals surface area contributed by atoms with Crippen LogP contribution < -0.4 is 10.1 Å². The summed E-state index contributed by atoms with van der Waals surface area (Å²) in [6.45, 7) is 4.42. The number of amides is 1. The van der Waals surface area contributed by atoms with E-state index in [4.69, 9.17) is 9.47 Å². The molecule has 164 valence electrons. The Hall–Kier alpha value is -3.72. The summed E-state index contributed by atoms with van der Waals surface area (Å²) in [4.78, 5) is 32.9. The van der Waals surface area contributed by atoms with Crippen LogP contribution in [-0.4, -0.2) is 32.9 Å². The molecule has 0 atom stereocenters. The van der Waals surface area contributed by atoms with Crippen molar-refractivity contribution in [1.29, 1.82) is 0 Å². The minimum absolute atomic E-state index is 0.0815. The second-order valence-corrected chi connectivity index (χ2v) is 7.91. The van der Waals surface area contributed by atoms with Gasteiger partial charge in [-0.25, -0.2) is 9.97 Å². The highest BCUT2D eigenvalue weighted by Crippen LogP contribution is 2.19. The second kappa shape index (κ2) is 9.61. The molecule has 0 unspecified atom stereocenters. The second-order valence-electron chi connectivity index (χ2n) is 7.05. The number of anilines is 1. The number of carbonyl (C=O) groups is 2. The third-order valence-electron chi connectivity index (χ3n) is 4.63. The number of carbonyl (C=O) groups excluding carboxylic acids is 2. The molecule has 32 heavy (non-hydrogen) atoms. The zero-order valence-corrected chi connectivity index (χ0v) is 18.5. The summed E-state index contributed by atoms with van der Waals surface area (Å²) in [6, 6.07) is 10.8. The van der Waals surface area contributed by atoms with Crippen molar-refractivity contribution in [1.82, 2.24) is 14.4 Å². The maximum atomic E-state index is 12.5. The van der Waals surface area contributed by atoms with Crippen LogP contribution in [0.25, 0.3) is 5.65 Å². The largest absolute Gasteiger partial charge is 0.487 e. The highest BCUT2D eigenvalue weighted by Gasteiger charge is 2.12. The molecule has 9 heteroatoms. The minimum atomic E-state index is -0.343. The van der Waals surface area contributed by atoms with Crippen LogP contribution in [0.1, 0.15) is 34.2 Å². The van der Waals surface area contributed by atoms with E-state index in [1.165, 1.54) is 11.3 Å². The third-order valence-corrected chi connectivity index (χ3v) is 5.44. The van der Waals surface area contributed by atoms with E-state index in [-0.39, 0.29) is 18.3 Å². The van der Waals surface area contributed by atoms with Crippen molar-refractivity contribution in [2.75, 3.05) is 11.9 Å². The Balaban J connectivity index is 1.32. The van der Waals surface area contributed by atoms with Crippen LogP contribution in [0.3, 0.4) is 0 Å². The minimum Gasteiger partial charge on any atom is -0.487 e. The van der Waals surface area contributed by atoms with Crippen molar-refractivity contribution >= 4 is 34.0 Å². The van der Waals surface area contributed by atoms with Crippen molar-refractivity contribution in [3.8, 4) is 5.75 Å². The topological polar surface area (TPSA) is 94.8 Å². The zero-order valence-electron chi connectivity index (χ0n) is 17.7. The molecule has 1 amide bonds. The van der Waals surface area contributed by atoms with Gasteiger partial charge in [0.2, 0.25) is 0 Å². The highest BCUT2D eigenvalue weighted by atomic mass is 32.1. The molecule has 1 aromatic carbocycles. The van der Waals surface area contributed by atoms with Crippen LogP contribution in [0, 0.1) is 6.92 Å². The summed E-state index contributed by atoms with van der Waals surface area (Å²) in [7, 11) is 0. The van der Waals surface area contributed by atoms with Crippen LogP contribution in [0.15, 0.2) is 54.2 Å². The number of aryl methyl sites for hydroxylation is 1. The van der Waals surface area contributed by atoms with Crippen LogP contribution >= 0.6 is 11.3 Å². The summed E-state index contributed by atoms with van der Waals surface area (Å²) in [5, 5.41) is 4.90. The molecule has 8 nitrogen and oxygen atoms in total. The summed E-state index contributed by atoms with van der Waals surface area (Å²) in [6.07, 6.45) is 3.97. The van der Waals surface area contributed by atoms with E-state index in [0.717, 1.165) is 16.9 Å². The molecule has 0 aliphatic carbocycles. The number of fused-ring (bicyclic) bond motifs is 1. The van der Waals surface area contributed by atoms with E-state index in [9.17, 15) is 9.59 Å². The molecular weight excluding hydrogens is 428 g/mol. The Morgan fingerprint density at radius 2 is 1.94 bits per heavy atom. The molecule has 3 heterocycles. The summed E-state index contributed by atoms with van der Waals surface area (Å²) < 4.78 is 12.7. The van der Waals surface area contributed by atoms with Gasteiger partial charge in [-0.1, -0.05) is 6.07 Å². The summed E-state index contributed by atoms with van der Waals surface area (Å²) in [5.41, 5.74) is 3.87. The molecule has 0 spiro atoms. The standard InChI is InChI=1S/C23H22N4O4S/c1-3-30-20(28)11-17-14-32-23(25-17)26-22(29)16-6-8-19(9-7-16)31-13-18-12-27-10-4-5-15(2)21(27)24-18/h4-10,12,14H,3,11,13H2,1-2H3,(H,25,26,29). The molecular formula is C23H22N4O4S. The van der Waals surface area contributed by atoms with Crippen molar-refractivity contribution < 1.29 is 19.1 Å². The van der Waals surface area contributed by atoms with Gasteiger partial charge in [-0.3, -0.25) is 14.9 Å². The quantitative estimate of drug-likeness (QED) is 0.407. The number of hydrogen-bond donors (Lipinski definition) is 1. The fraction of sp³-hybridized carbons (Fsp3) is 0.217. The van der Waals surface area contributed by atoms with Crippen LogP contribution in [-0.2, 0) is 22.6 Å². The first-order chi connectivity index (χ1) is 15.5. The van der Waals surface area contributed by atoms with Gasteiger partial charge in [-0.2, -0.15) is 0 Å². The lowest BCUT2D eigenvalue weighted by atomic mass is 10.2. The molecule has 0 radical (unpaired) electrons. The number of pyridine rings is 1. The first kappa shape index (κ1) is 21.5. The van der Waals surface area contributed by atoms with Gasteiger partial charge in [-0.15, -0.1) is 11.3 Å². The molecule has 0 saturated heterocycles. The Morgan fingerprint density at radius 1 is 1.12 bits per heavy atom. The third kappa shape index (κ3) is 5.12. The van der Waals surface area contributed by atoms with E-state index in [1.54, 1.807) is 36.6 Å². The van der Waals surface area contributed by atoms with E-state index < -0.39 is 0 Å². The van der Waals surface area contributed by atoms with E-state index in [2.05, 4.69) is 15.3 Å². The Kier molecular flexibility index (Phi) is 6.46. The highest BCUT2D eigenvalue weighted by molar-refractivity contribution is 7.14. The number of hydrogen-bond acceptors (Lipinski definition) is 7. The van der Waals surface area contributed by atoms with E-state index >= 15 is 0 Å². The van der Waals surface area contributed by atoms with Gasteiger partial charge >= 0.3 is 5.97 Å². The van der Waals surface area contributed by atoms with E-state index in [0.29, 0.717) is 35.4 Å². The van der Waals surface area contributed by atoms with Gasteiger partial charge in [0.25, 0.3) is 5.91 Å². The average Bonchev–Trinajstić information content (AvgIpc) is 3.40. The SMILES string of the molecule is CCOC(=O)Cc1csc(NC(=O)c2ccc(OCc3cn4cccc(C)c4n3)cc2)n1. The maximum Gasteiger partial charge on any atom is 0.311 e. The van der Waals surface area contributed by atoms with Crippen LogP contribution in [0.2, 0.25) is 0 Å². The number of esters is 1. The van der Waals surface area contributed by atoms with Crippen molar-refractivity contribution in [2.45, 2.75) is 26.9 Å². The smallest absolute Gasteiger partial charge is 0.311 e. The molecule has 3 aromatic heterocycles. The van der Waals surface area contributed by atoms with Crippen molar-refractivity contribution in [3.63, 3.8) is 0 Å². The molecule has 0 bridgehead atoms. The molecule has 0 aliphatic rings. The lowest BCUT2D eigenvalue weighted by molar-refractivity contribution is -0.142. The Bertz CT molecular complexity index is 1250. The van der Waals surface area contributed by atoms with Crippen LogP contribution in [0.4, 0.5) is 5.13 Å².